The number of carboxylic acid groups (broad SMARTS) is 1. The van der Waals surface area contributed by atoms with Gasteiger partial charge >= 0.3 is 5.97 Å². The van der Waals surface area contributed by atoms with Crippen LogP contribution in [0.1, 0.15) is 31.2 Å². The van der Waals surface area contributed by atoms with Crippen LogP contribution < -0.4 is 5.32 Å². The molecule has 1 aliphatic rings. The lowest BCUT2D eigenvalue weighted by atomic mass is 9.81. The van der Waals surface area contributed by atoms with E-state index < -0.39 is 5.97 Å². The number of benzene rings is 1. The number of carbonyl (C=O) groups is 2. The molecule has 0 aliphatic heterocycles. The van der Waals surface area contributed by atoms with Crippen molar-refractivity contribution in [3.05, 3.63) is 34.9 Å². The van der Waals surface area contributed by atoms with Gasteiger partial charge in [-0.1, -0.05) is 30.2 Å². The van der Waals surface area contributed by atoms with Gasteiger partial charge in [0.15, 0.2) is 0 Å². The minimum atomic E-state index is -0.791. The van der Waals surface area contributed by atoms with Gasteiger partial charge in [0.25, 0.3) is 0 Å². The molecule has 0 spiro atoms. The summed E-state index contributed by atoms with van der Waals surface area (Å²) < 4.78 is 0. The van der Waals surface area contributed by atoms with Crippen LogP contribution in [0.5, 0.6) is 0 Å². The number of carboxylic acids is 1. The molecule has 2 atom stereocenters. The second-order valence-electron chi connectivity index (χ2n) is 5.24. The van der Waals surface area contributed by atoms with E-state index in [2.05, 4.69) is 5.32 Å². The minimum Gasteiger partial charge on any atom is -0.481 e. The zero-order valence-corrected chi connectivity index (χ0v) is 11.9. The van der Waals surface area contributed by atoms with Crippen molar-refractivity contribution in [2.45, 2.75) is 32.2 Å². The van der Waals surface area contributed by atoms with Gasteiger partial charge in [-0.2, -0.15) is 0 Å². The average Bonchev–Trinajstić information content (AvgIpc) is 2.46. The molecule has 1 fully saturated rings. The molecule has 1 aromatic carbocycles. The average molecular weight is 296 g/mol. The SMILES string of the molecule is O=C(O)C1CCCC(C(=O)NCc2ccc(Cl)cc2)C1. The van der Waals surface area contributed by atoms with Crippen LogP contribution in [0.25, 0.3) is 0 Å². The highest BCUT2D eigenvalue weighted by molar-refractivity contribution is 6.30. The number of halogens is 1. The Kier molecular flexibility index (Phi) is 5.01. The summed E-state index contributed by atoms with van der Waals surface area (Å²) in [5.41, 5.74) is 0.980. The molecule has 20 heavy (non-hydrogen) atoms. The summed E-state index contributed by atoms with van der Waals surface area (Å²) in [5.74, 6) is -1.40. The van der Waals surface area contributed by atoms with Crippen LogP contribution in [0.3, 0.4) is 0 Å². The fourth-order valence-corrected chi connectivity index (χ4v) is 2.71. The van der Waals surface area contributed by atoms with E-state index in [4.69, 9.17) is 16.7 Å². The third-order valence-electron chi connectivity index (χ3n) is 3.77. The molecule has 0 aromatic heterocycles. The number of aliphatic carboxylic acids is 1. The Morgan fingerprint density at radius 2 is 1.85 bits per heavy atom. The van der Waals surface area contributed by atoms with E-state index in [-0.39, 0.29) is 17.7 Å². The fraction of sp³-hybridized carbons (Fsp3) is 0.467. The highest BCUT2D eigenvalue weighted by Crippen LogP contribution is 2.29. The van der Waals surface area contributed by atoms with Gasteiger partial charge in [-0.05, 0) is 37.0 Å². The lowest BCUT2D eigenvalue weighted by Gasteiger charge is -2.25. The van der Waals surface area contributed by atoms with Crippen molar-refractivity contribution < 1.29 is 14.7 Å². The van der Waals surface area contributed by atoms with Gasteiger partial charge in [0.05, 0.1) is 5.92 Å². The number of hydrogen-bond acceptors (Lipinski definition) is 2. The van der Waals surface area contributed by atoms with Gasteiger partial charge < -0.3 is 10.4 Å². The number of nitrogens with one attached hydrogen (secondary N) is 1. The first kappa shape index (κ1) is 14.9. The summed E-state index contributed by atoms with van der Waals surface area (Å²) in [6, 6.07) is 7.29. The zero-order valence-electron chi connectivity index (χ0n) is 11.1. The Bertz CT molecular complexity index is 486. The monoisotopic (exact) mass is 295 g/mol. The molecule has 0 bridgehead atoms. The summed E-state index contributed by atoms with van der Waals surface area (Å²) in [6.07, 6.45) is 2.70. The maximum atomic E-state index is 12.1. The number of carbonyl (C=O) groups excluding carboxylic acids is 1. The standard InChI is InChI=1S/C15H18ClNO3/c16-13-6-4-10(5-7-13)9-17-14(18)11-2-1-3-12(8-11)15(19)20/h4-7,11-12H,1-3,8-9H2,(H,17,18)(H,19,20). The third kappa shape index (κ3) is 3.97. The van der Waals surface area contributed by atoms with Crippen molar-refractivity contribution in [2.75, 3.05) is 0 Å². The van der Waals surface area contributed by atoms with E-state index >= 15 is 0 Å². The first-order valence-corrected chi connectivity index (χ1v) is 7.19. The molecule has 1 saturated carbocycles. The molecule has 1 aliphatic carbocycles. The number of hydrogen-bond donors (Lipinski definition) is 2. The van der Waals surface area contributed by atoms with Crippen molar-refractivity contribution in [3.8, 4) is 0 Å². The van der Waals surface area contributed by atoms with Gasteiger partial charge in [0.1, 0.15) is 0 Å². The minimum absolute atomic E-state index is 0.0501. The molecule has 0 heterocycles. The maximum absolute atomic E-state index is 12.1. The topological polar surface area (TPSA) is 66.4 Å². The van der Waals surface area contributed by atoms with Gasteiger partial charge in [-0.25, -0.2) is 0 Å². The molecule has 2 N–H and O–H groups in total. The van der Waals surface area contributed by atoms with E-state index in [1.165, 1.54) is 0 Å². The van der Waals surface area contributed by atoms with Crippen LogP contribution >= 0.6 is 11.6 Å². The summed E-state index contributed by atoms with van der Waals surface area (Å²) in [6.45, 7) is 0.449. The van der Waals surface area contributed by atoms with Gasteiger partial charge in [-0.15, -0.1) is 0 Å². The summed E-state index contributed by atoms with van der Waals surface area (Å²) in [7, 11) is 0. The van der Waals surface area contributed by atoms with Crippen LogP contribution in [0, 0.1) is 11.8 Å². The van der Waals surface area contributed by atoms with E-state index in [0.717, 1.165) is 18.4 Å². The lowest BCUT2D eigenvalue weighted by Crippen LogP contribution is -2.35. The highest BCUT2D eigenvalue weighted by atomic mass is 35.5. The summed E-state index contributed by atoms with van der Waals surface area (Å²) >= 11 is 5.80. The summed E-state index contributed by atoms with van der Waals surface area (Å²) in [5, 5.41) is 12.6. The van der Waals surface area contributed by atoms with E-state index in [1.807, 2.05) is 12.1 Å². The first-order valence-electron chi connectivity index (χ1n) is 6.81. The van der Waals surface area contributed by atoms with Crippen LogP contribution in [0.2, 0.25) is 5.02 Å². The Morgan fingerprint density at radius 3 is 2.50 bits per heavy atom. The molecule has 1 aromatic rings. The molecular weight excluding hydrogens is 278 g/mol. The second kappa shape index (κ2) is 6.75. The van der Waals surface area contributed by atoms with Gasteiger partial charge in [0.2, 0.25) is 5.91 Å². The maximum Gasteiger partial charge on any atom is 0.306 e. The van der Waals surface area contributed by atoms with Crippen LogP contribution in [0.4, 0.5) is 0 Å². The Morgan fingerprint density at radius 1 is 1.20 bits per heavy atom. The lowest BCUT2D eigenvalue weighted by molar-refractivity contribution is -0.144. The van der Waals surface area contributed by atoms with Crippen LogP contribution in [-0.4, -0.2) is 17.0 Å². The van der Waals surface area contributed by atoms with Gasteiger partial charge in [-0.3, -0.25) is 9.59 Å². The molecule has 0 radical (unpaired) electrons. The Labute approximate surface area is 123 Å². The molecule has 0 saturated heterocycles. The van der Waals surface area contributed by atoms with Crippen LogP contribution in [0.15, 0.2) is 24.3 Å². The Balaban J connectivity index is 1.85. The van der Waals surface area contributed by atoms with E-state index in [0.29, 0.717) is 24.4 Å². The highest BCUT2D eigenvalue weighted by Gasteiger charge is 2.30. The largest absolute Gasteiger partial charge is 0.481 e. The second-order valence-corrected chi connectivity index (χ2v) is 5.68. The quantitative estimate of drug-likeness (QED) is 0.897. The predicted molar refractivity (Wildman–Crippen MR) is 76.4 cm³/mol. The smallest absolute Gasteiger partial charge is 0.306 e. The molecular formula is C15H18ClNO3. The number of rotatable bonds is 4. The molecule has 1 amide bonds. The normalized spacial score (nSPS) is 22.2. The van der Waals surface area contributed by atoms with Crippen LogP contribution in [-0.2, 0) is 16.1 Å². The van der Waals surface area contributed by atoms with Crippen molar-refractivity contribution in [3.63, 3.8) is 0 Å². The van der Waals surface area contributed by atoms with Crippen molar-refractivity contribution in [1.29, 1.82) is 0 Å². The predicted octanol–water partition coefficient (Wildman–Crippen LogP) is 2.85. The number of amides is 1. The molecule has 5 heteroatoms. The fourth-order valence-electron chi connectivity index (χ4n) is 2.59. The van der Waals surface area contributed by atoms with Crippen molar-refractivity contribution >= 4 is 23.5 Å². The van der Waals surface area contributed by atoms with Crippen molar-refractivity contribution in [1.82, 2.24) is 5.32 Å². The van der Waals surface area contributed by atoms with E-state index in [1.54, 1.807) is 12.1 Å². The van der Waals surface area contributed by atoms with Gasteiger partial charge in [0, 0.05) is 17.5 Å². The summed E-state index contributed by atoms with van der Waals surface area (Å²) in [4.78, 5) is 23.1. The molecule has 4 nitrogen and oxygen atoms in total. The van der Waals surface area contributed by atoms with Crippen molar-refractivity contribution in [2.24, 2.45) is 11.8 Å². The molecule has 2 unspecified atom stereocenters. The third-order valence-corrected chi connectivity index (χ3v) is 4.03. The first-order chi connectivity index (χ1) is 9.56. The Hall–Kier alpha value is -1.55. The molecule has 2 rings (SSSR count). The zero-order chi connectivity index (χ0) is 14.5. The molecule has 108 valence electrons. The van der Waals surface area contributed by atoms with E-state index in [9.17, 15) is 9.59 Å².